The van der Waals surface area contributed by atoms with E-state index in [2.05, 4.69) is 48.4 Å². The van der Waals surface area contributed by atoms with Crippen LogP contribution in [0.4, 0.5) is 4.79 Å². The molecule has 3 amide bonds. The van der Waals surface area contributed by atoms with Gasteiger partial charge in [-0.2, -0.15) is 0 Å². The lowest BCUT2D eigenvalue weighted by atomic mass is 10.1. The number of aliphatic imine (C=N–C) groups is 1. The standard InChI is InChI=1S/C17H22N4O2S/c1-4-9-24-17-18-14-13(15(22)19-16(23)20(14)3)21(17)10-12-7-5-11(2)6-8-12/h5-8,13-14H,4,9-10H2,1-3H3,(H,19,22,23). The molecule has 2 unspecified atom stereocenters. The molecule has 24 heavy (non-hydrogen) atoms. The highest BCUT2D eigenvalue weighted by Gasteiger charge is 2.48. The fraction of sp³-hybridized carbons (Fsp3) is 0.471. The van der Waals surface area contributed by atoms with Crippen LogP contribution in [-0.4, -0.2) is 51.9 Å². The lowest BCUT2D eigenvalue weighted by molar-refractivity contribution is -0.127. The number of benzene rings is 1. The van der Waals surface area contributed by atoms with E-state index in [0.29, 0.717) is 6.54 Å². The fourth-order valence-corrected chi connectivity index (χ4v) is 3.78. The molecule has 2 heterocycles. The van der Waals surface area contributed by atoms with Crippen molar-refractivity contribution < 1.29 is 9.59 Å². The van der Waals surface area contributed by atoms with E-state index in [4.69, 9.17) is 0 Å². The molecule has 2 aliphatic rings. The van der Waals surface area contributed by atoms with Crippen LogP contribution in [-0.2, 0) is 11.3 Å². The summed E-state index contributed by atoms with van der Waals surface area (Å²) in [4.78, 5) is 32.5. The first kappa shape index (κ1) is 16.8. The summed E-state index contributed by atoms with van der Waals surface area (Å²) in [5.41, 5.74) is 2.33. The van der Waals surface area contributed by atoms with Crippen molar-refractivity contribution in [1.82, 2.24) is 15.1 Å². The summed E-state index contributed by atoms with van der Waals surface area (Å²) in [7, 11) is 1.68. The molecule has 1 aromatic carbocycles. The van der Waals surface area contributed by atoms with Gasteiger partial charge >= 0.3 is 6.03 Å². The first-order chi connectivity index (χ1) is 11.5. The number of aryl methyl sites for hydroxylation is 1. The van der Waals surface area contributed by atoms with E-state index in [1.165, 1.54) is 10.5 Å². The molecule has 3 rings (SSSR count). The lowest BCUT2D eigenvalue weighted by Crippen LogP contribution is -2.63. The van der Waals surface area contributed by atoms with Crippen LogP contribution in [0.15, 0.2) is 29.3 Å². The summed E-state index contributed by atoms with van der Waals surface area (Å²) < 4.78 is 0. The highest BCUT2D eigenvalue weighted by Crippen LogP contribution is 2.30. The molecule has 2 atom stereocenters. The van der Waals surface area contributed by atoms with Crippen LogP contribution < -0.4 is 5.32 Å². The predicted molar refractivity (Wildman–Crippen MR) is 95.8 cm³/mol. The second-order valence-corrected chi connectivity index (χ2v) is 7.20. The van der Waals surface area contributed by atoms with E-state index in [1.807, 2.05) is 4.90 Å². The Balaban J connectivity index is 1.88. The molecule has 1 fully saturated rings. The van der Waals surface area contributed by atoms with Crippen molar-refractivity contribution in [1.29, 1.82) is 0 Å². The van der Waals surface area contributed by atoms with Crippen molar-refractivity contribution >= 4 is 28.9 Å². The summed E-state index contributed by atoms with van der Waals surface area (Å²) in [5, 5.41) is 3.26. The Kier molecular flexibility index (Phi) is 4.80. The van der Waals surface area contributed by atoms with Crippen LogP contribution in [0.1, 0.15) is 24.5 Å². The summed E-state index contributed by atoms with van der Waals surface area (Å²) in [6.07, 6.45) is 0.578. The lowest BCUT2D eigenvalue weighted by Gasteiger charge is -2.36. The Labute approximate surface area is 146 Å². The predicted octanol–water partition coefficient (Wildman–Crippen LogP) is 2.19. The number of nitrogens with zero attached hydrogens (tertiary/aromatic N) is 3. The van der Waals surface area contributed by atoms with Gasteiger partial charge in [-0.05, 0) is 18.9 Å². The van der Waals surface area contributed by atoms with Crippen molar-refractivity contribution in [2.24, 2.45) is 4.99 Å². The van der Waals surface area contributed by atoms with Crippen LogP contribution in [0.5, 0.6) is 0 Å². The van der Waals surface area contributed by atoms with Gasteiger partial charge in [0.05, 0.1) is 0 Å². The molecular weight excluding hydrogens is 324 g/mol. The maximum atomic E-state index is 12.4. The molecule has 6 nitrogen and oxygen atoms in total. The van der Waals surface area contributed by atoms with Gasteiger partial charge in [0.1, 0.15) is 0 Å². The van der Waals surface area contributed by atoms with Gasteiger partial charge in [-0.15, -0.1) is 0 Å². The number of hydrogen-bond acceptors (Lipinski definition) is 5. The van der Waals surface area contributed by atoms with Gasteiger partial charge in [0.2, 0.25) is 0 Å². The van der Waals surface area contributed by atoms with Gasteiger partial charge in [-0.3, -0.25) is 10.1 Å². The van der Waals surface area contributed by atoms with Crippen LogP contribution in [0.25, 0.3) is 0 Å². The Hall–Kier alpha value is -2.02. The third kappa shape index (κ3) is 3.13. The van der Waals surface area contributed by atoms with Gasteiger partial charge in [0.25, 0.3) is 5.91 Å². The number of carbonyl (C=O) groups excluding carboxylic acids is 2. The van der Waals surface area contributed by atoms with Crippen molar-refractivity contribution in [2.75, 3.05) is 12.8 Å². The first-order valence-electron chi connectivity index (χ1n) is 8.11. The molecule has 0 saturated carbocycles. The van der Waals surface area contributed by atoms with E-state index < -0.39 is 12.2 Å². The topological polar surface area (TPSA) is 65.0 Å². The zero-order valence-electron chi connectivity index (χ0n) is 14.2. The molecule has 1 aromatic rings. The van der Waals surface area contributed by atoms with Crippen LogP contribution in [0.2, 0.25) is 0 Å². The van der Waals surface area contributed by atoms with E-state index in [0.717, 1.165) is 22.9 Å². The van der Waals surface area contributed by atoms with Crippen LogP contribution in [0.3, 0.4) is 0 Å². The number of imide groups is 1. The number of likely N-dealkylation sites (N-methyl/N-ethyl adjacent to an activating group) is 1. The Morgan fingerprint density at radius 3 is 2.62 bits per heavy atom. The van der Waals surface area contributed by atoms with Gasteiger partial charge in [-0.1, -0.05) is 48.5 Å². The summed E-state index contributed by atoms with van der Waals surface area (Å²) in [6, 6.07) is 7.42. The number of amidine groups is 1. The second-order valence-electron chi connectivity index (χ2n) is 6.14. The third-order valence-electron chi connectivity index (χ3n) is 4.23. The van der Waals surface area contributed by atoms with Crippen molar-refractivity contribution in [2.45, 2.75) is 39.0 Å². The quantitative estimate of drug-likeness (QED) is 0.908. The zero-order valence-corrected chi connectivity index (χ0v) is 15.0. The van der Waals surface area contributed by atoms with Crippen LogP contribution >= 0.6 is 11.8 Å². The smallest absolute Gasteiger partial charge is 0.325 e. The first-order valence-corrected chi connectivity index (χ1v) is 9.10. The molecule has 0 radical (unpaired) electrons. The molecular formula is C17H22N4O2S. The molecule has 1 saturated heterocycles. The molecule has 128 valence electrons. The summed E-state index contributed by atoms with van der Waals surface area (Å²) in [6.45, 7) is 4.77. The van der Waals surface area contributed by atoms with E-state index in [-0.39, 0.29) is 11.9 Å². The molecule has 2 aliphatic heterocycles. The summed E-state index contributed by atoms with van der Waals surface area (Å²) in [5.74, 6) is 0.660. The number of nitrogens with one attached hydrogen (secondary N) is 1. The molecule has 0 aliphatic carbocycles. The van der Waals surface area contributed by atoms with Crippen molar-refractivity contribution in [3.8, 4) is 0 Å². The van der Waals surface area contributed by atoms with E-state index in [9.17, 15) is 9.59 Å². The number of urea groups is 1. The Morgan fingerprint density at radius 1 is 1.25 bits per heavy atom. The largest absolute Gasteiger partial charge is 0.331 e. The fourth-order valence-electron chi connectivity index (χ4n) is 2.87. The van der Waals surface area contributed by atoms with E-state index >= 15 is 0 Å². The normalized spacial score (nSPS) is 23.2. The third-order valence-corrected chi connectivity index (χ3v) is 5.44. The van der Waals surface area contributed by atoms with Gasteiger partial charge < -0.3 is 9.80 Å². The van der Waals surface area contributed by atoms with Gasteiger partial charge in [0, 0.05) is 19.3 Å². The van der Waals surface area contributed by atoms with E-state index in [1.54, 1.807) is 18.8 Å². The average molecular weight is 346 g/mol. The molecule has 0 spiro atoms. The highest BCUT2D eigenvalue weighted by atomic mass is 32.2. The minimum atomic E-state index is -0.464. The zero-order chi connectivity index (χ0) is 17.3. The molecule has 0 bridgehead atoms. The van der Waals surface area contributed by atoms with Crippen molar-refractivity contribution in [3.05, 3.63) is 35.4 Å². The number of carbonyl (C=O) groups is 2. The maximum absolute atomic E-state index is 12.4. The average Bonchev–Trinajstić information content (AvgIpc) is 2.92. The number of amides is 3. The number of hydrogen-bond donors (Lipinski definition) is 1. The Morgan fingerprint density at radius 2 is 1.96 bits per heavy atom. The Bertz CT molecular complexity index is 674. The highest BCUT2D eigenvalue weighted by molar-refractivity contribution is 8.13. The SMILES string of the molecule is CCCSC1=NC2C(C(=O)NC(=O)N2C)N1Cc1ccc(C)cc1. The molecule has 7 heteroatoms. The molecule has 0 aromatic heterocycles. The van der Waals surface area contributed by atoms with Crippen LogP contribution in [0, 0.1) is 6.92 Å². The van der Waals surface area contributed by atoms with Gasteiger partial charge in [0.15, 0.2) is 17.4 Å². The monoisotopic (exact) mass is 346 g/mol. The summed E-state index contributed by atoms with van der Waals surface area (Å²) >= 11 is 1.64. The molecule has 1 N–H and O–H groups in total. The minimum Gasteiger partial charge on any atom is -0.331 e. The number of rotatable bonds is 4. The van der Waals surface area contributed by atoms with Crippen molar-refractivity contribution in [3.63, 3.8) is 0 Å². The minimum absolute atomic E-state index is 0.272. The number of thioether (sulfide) groups is 1. The number of fused-ring (bicyclic) bond motifs is 1. The second kappa shape index (κ2) is 6.84. The maximum Gasteiger partial charge on any atom is 0.325 e. The van der Waals surface area contributed by atoms with Gasteiger partial charge in [-0.25, -0.2) is 9.79 Å².